The predicted molar refractivity (Wildman–Crippen MR) is 76.7 cm³/mol. The van der Waals surface area contributed by atoms with Gasteiger partial charge in [-0.15, -0.1) is 0 Å². The molecule has 0 aromatic carbocycles. The van der Waals surface area contributed by atoms with Crippen LogP contribution in [0.5, 0.6) is 0 Å². The molecule has 0 spiro atoms. The van der Waals surface area contributed by atoms with Gasteiger partial charge >= 0.3 is 0 Å². The van der Waals surface area contributed by atoms with Gasteiger partial charge in [0, 0.05) is 34.2 Å². The Hall–Kier alpha value is 0.620. The number of rotatable bonds is 6. The maximum Gasteiger partial charge on any atom is 0.0630 e. The van der Waals surface area contributed by atoms with Crippen LogP contribution in [-0.4, -0.2) is 47.3 Å². The molecule has 1 N–H and O–H groups in total. The molecule has 4 heteroatoms. The van der Waals surface area contributed by atoms with Gasteiger partial charge < -0.3 is 10.1 Å². The summed E-state index contributed by atoms with van der Waals surface area (Å²) in [5.74, 6) is 1.25. The summed E-state index contributed by atoms with van der Waals surface area (Å²) in [4.78, 5) is 0. The van der Waals surface area contributed by atoms with Crippen LogP contribution in [0.1, 0.15) is 27.7 Å². The third-order valence-electron chi connectivity index (χ3n) is 2.99. The van der Waals surface area contributed by atoms with Crippen molar-refractivity contribution in [1.29, 1.82) is 0 Å². The molecule has 1 rings (SSSR count). The molecule has 1 aliphatic heterocycles. The second kappa shape index (κ2) is 7.85. The summed E-state index contributed by atoms with van der Waals surface area (Å²) in [5, 5.41) is 5.80. The van der Waals surface area contributed by atoms with Crippen molar-refractivity contribution in [2.45, 2.75) is 49.5 Å². The van der Waals surface area contributed by atoms with Gasteiger partial charge in [-0.2, -0.15) is 23.5 Å². The van der Waals surface area contributed by atoms with Gasteiger partial charge in [0.15, 0.2) is 0 Å². The van der Waals surface area contributed by atoms with E-state index < -0.39 is 0 Å². The van der Waals surface area contributed by atoms with E-state index >= 15 is 0 Å². The molecule has 1 heterocycles. The standard InChI is InChI=1S/C12H25NOS2/c1-5-13-11(7-14-6-2)12-8-15-9(3)10(4)16-12/h9-13H,5-8H2,1-4H3. The largest absolute Gasteiger partial charge is 0.380 e. The quantitative estimate of drug-likeness (QED) is 0.795. The molecular formula is C12H25NOS2. The first-order chi connectivity index (χ1) is 7.69. The van der Waals surface area contributed by atoms with Crippen molar-refractivity contribution >= 4 is 23.5 Å². The van der Waals surface area contributed by atoms with E-state index in [0.717, 1.165) is 30.3 Å². The Bertz CT molecular complexity index is 190. The van der Waals surface area contributed by atoms with Crippen molar-refractivity contribution in [3.63, 3.8) is 0 Å². The van der Waals surface area contributed by atoms with Crippen molar-refractivity contribution in [3.8, 4) is 0 Å². The fourth-order valence-corrected chi connectivity index (χ4v) is 4.94. The van der Waals surface area contributed by atoms with E-state index in [9.17, 15) is 0 Å². The van der Waals surface area contributed by atoms with E-state index in [1.165, 1.54) is 5.75 Å². The van der Waals surface area contributed by atoms with E-state index in [2.05, 4.69) is 56.5 Å². The lowest BCUT2D eigenvalue weighted by Crippen LogP contribution is -2.46. The van der Waals surface area contributed by atoms with Gasteiger partial charge in [0.25, 0.3) is 0 Å². The smallest absolute Gasteiger partial charge is 0.0630 e. The van der Waals surface area contributed by atoms with E-state index in [-0.39, 0.29) is 0 Å². The molecule has 2 nitrogen and oxygen atoms in total. The van der Waals surface area contributed by atoms with Crippen molar-refractivity contribution in [2.24, 2.45) is 0 Å². The zero-order chi connectivity index (χ0) is 12.0. The zero-order valence-electron chi connectivity index (χ0n) is 10.9. The number of ether oxygens (including phenoxy) is 1. The van der Waals surface area contributed by atoms with Crippen LogP contribution >= 0.6 is 23.5 Å². The van der Waals surface area contributed by atoms with Gasteiger partial charge in [0.2, 0.25) is 0 Å². The Morgan fingerprint density at radius 2 is 2.06 bits per heavy atom. The normalized spacial score (nSPS) is 32.6. The van der Waals surface area contributed by atoms with Crippen molar-refractivity contribution in [3.05, 3.63) is 0 Å². The van der Waals surface area contributed by atoms with Gasteiger partial charge in [-0.05, 0) is 13.5 Å². The molecule has 0 bridgehead atoms. The summed E-state index contributed by atoms with van der Waals surface area (Å²) in [5.41, 5.74) is 0. The topological polar surface area (TPSA) is 21.3 Å². The number of nitrogens with one attached hydrogen (secondary N) is 1. The molecule has 0 aliphatic carbocycles. The van der Waals surface area contributed by atoms with Crippen LogP contribution in [-0.2, 0) is 4.74 Å². The van der Waals surface area contributed by atoms with Crippen LogP contribution in [0.2, 0.25) is 0 Å². The molecule has 16 heavy (non-hydrogen) atoms. The van der Waals surface area contributed by atoms with Gasteiger partial charge in [-0.25, -0.2) is 0 Å². The van der Waals surface area contributed by atoms with Crippen LogP contribution < -0.4 is 5.32 Å². The predicted octanol–water partition coefficient (Wildman–Crippen LogP) is 2.63. The Labute approximate surface area is 109 Å². The lowest BCUT2D eigenvalue weighted by atomic mass is 10.2. The van der Waals surface area contributed by atoms with Crippen LogP contribution in [0.25, 0.3) is 0 Å². The lowest BCUT2D eigenvalue weighted by molar-refractivity contribution is 0.123. The second-order valence-corrected chi connectivity index (χ2v) is 7.27. The van der Waals surface area contributed by atoms with Crippen molar-refractivity contribution < 1.29 is 4.74 Å². The second-order valence-electron chi connectivity index (χ2n) is 4.24. The molecule has 4 atom stereocenters. The first-order valence-corrected chi connectivity index (χ1v) is 8.26. The van der Waals surface area contributed by atoms with Crippen molar-refractivity contribution in [1.82, 2.24) is 5.32 Å². The highest BCUT2D eigenvalue weighted by Crippen LogP contribution is 2.37. The minimum absolute atomic E-state index is 0.511. The molecule has 0 saturated carbocycles. The number of hydrogen-bond donors (Lipinski definition) is 1. The number of hydrogen-bond acceptors (Lipinski definition) is 4. The third kappa shape index (κ3) is 4.47. The third-order valence-corrected chi connectivity index (χ3v) is 6.54. The SMILES string of the molecule is CCNC(COCC)C1CSC(C)C(C)S1. The van der Waals surface area contributed by atoms with Crippen LogP contribution in [0.4, 0.5) is 0 Å². The lowest BCUT2D eigenvalue weighted by Gasteiger charge is -2.36. The van der Waals surface area contributed by atoms with Crippen LogP contribution in [0.15, 0.2) is 0 Å². The highest BCUT2D eigenvalue weighted by atomic mass is 32.2. The van der Waals surface area contributed by atoms with E-state index in [1.54, 1.807) is 0 Å². The highest BCUT2D eigenvalue weighted by molar-refractivity contribution is 8.07. The fourth-order valence-electron chi connectivity index (χ4n) is 1.82. The number of likely N-dealkylation sites (N-methyl/N-ethyl adjacent to an activating group) is 1. The molecule has 1 aliphatic rings. The molecule has 0 aromatic rings. The Balaban J connectivity index is 2.43. The van der Waals surface area contributed by atoms with Crippen LogP contribution in [0.3, 0.4) is 0 Å². The minimum Gasteiger partial charge on any atom is -0.380 e. The van der Waals surface area contributed by atoms with Gasteiger partial charge in [0.1, 0.15) is 0 Å². The molecule has 0 radical (unpaired) electrons. The Kier molecular flexibility index (Phi) is 7.20. The first-order valence-electron chi connectivity index (χ1n) is 6.27. The molecular weight excluding hydrogens is 238 g/mol. The average Bonchev–Trinajstić information content (AvgIpc) is 2.28. The fraction of sp³-hybridized carbons (Fsp3) is 1.00. The van der Waals surface area contributed by atoms with Gasteiger partial charge in [-0.1, -0.05) is 20.8 Å². The average molecular weight is 263 g/mol. The summed E-state index contributed by atoms with van der Waals surface area (Å²) in [6, 6.07) is 0.511. The summed E-state index contributed by atoms with van der Waals surface area (Å²) < 4.78 is 5.58. The molecule has 1 fully saturated rings. The van der Waals surface area contributed by atoms with E-state index in [0.29, 0.717) is 11.3 Å². The molecule has 4 unspecified atom stereocenters. The van der Waals surface area contributed by atoms with Crippen LogP contribution in [0, 0.1) is 0 Å². The van der Waals surface area contributed by atoms with E-state index in [4.69, 9.17) is 4.74 Å². The molecule has 1 saturated heterocycles. The van der Waals surface area contributed by atoms with Gasteiger partial charge in [0.05, 0.1) is 6.61 Å². The maximum absolute atomic E-state index is 5.58. The molecule has 0 amide bonds. The summed E-state index contributed by atoms with van der Waals surface area (Å²) in [7, 11) is 0. The molecule has 96 valence electrons. The zero-order valence-corrected chi connectivity index (χ0v) is 12.5. The highest BCUT2D eigenvalue weighted by Gasteiger charge is 2.30. The van der Waals surface area contributed by atoms with Crippen molar-refractivity contribution in [2.75, 3.05) is 25.5 Å². The maximum atomic E-state index is 5.58. The Morgan fingerprint density at radius 3 is 2.62 bits per heavy atom. The van der Waals surface area contributed by atoms with Gasteiger partial charge in [-0.3, -0.25) is 0 Å². The Morgan fingerprint density at radius 1 is 1.31 bits per heavy atom. The minimum atomic E-state index is 0.511. The monoisotopic (exact) mass is 263 g/mol. The number of thioether (sulfide) groups is 2. The summed E-state index contributed by atoms with van der Waals surface area (Å²) in [6.45, 7) is 11.6. The van der Waals surface area contributed by atoms with E-state index in [1.807, 2.05) is 0 Å². The summed E-state index contributed by atoms with van der Waals surface area (Å²) in [6.07, 6.45) is 0. The molecule has 0 aromatic heterocycles. The summed E-state index contributed by atoms with van der Waals surface area (Å²) >= 11 is 4.24. The first kappa shape index (κ1) is 14.7.